The molecule has 0 saturated carbocycles. The lowest BCUT2D eigenvalue weighted by atomic mass is 10.3. The highest BCUT2D eigenvalue weighted by molar-refractivity contribution is 7.08. The van der Waals surface area contributed by atoms with Gasteiger partial charge in [-0.25, -0.2) is 5.48 Å². The molecule has 6 heteroatoms. The summed E-state index contributed by atoms with van der Waals surface area (Å²) < 4.78 is 0. The molecule has 0 aliphatic rings. The Morgan fingerprint density at radius 2 is 2.33 bits per heavy atom. The monoisotopic (exact) mass is 228 g/mol. The van der Waals surface area contributed by atoms with E-state index in [0.29, 0.717) is 12.2 Å². The third-order valence-corrected chi connectivity index (χ3v) is 2.21. The van der Waals surface area contributed by atoms with Gasteiger partial charge in [0.2, 0.25) is 0 Å². The van der Waals surface area contributed by atoms with Crippen LogP contribution in [0.1, 0.15) is 17.3 Å². The molecular weight excluding hydrogens is 216 g/mol. The average molecular weight is 228 g/mol. The zero-order valence-electron chi connectivity index (χ0n) is 8.28. The Labute approximate surface area is 91.4 Å². The second-order valence-corrected chi connectivity index (χ2v) is 3.43. The van der Waals surface area contributed by atoms with Crippen molar-refractivity contribution in [3.63, 3.8) is 0 Å². The van der Waals surface area contributed by atoms with E-state index in [1.165, 1.54) is 11.3 Å². The van der Waals surface area contributed by atoms with Crippen molar-refractivity contribution >= 4 is 23.2 Å². The van der Waals surface area contributed by atoms with Gasteiger partial charge in [0.05, 0.1) is 13.2 Å². The fourth-order valence-electron chi connectivity index (χ4n) is 0.845. The minimum atomic E-state index is -0.375. The van der Waals surface area contributed by atoms with Crippen LogP contribution in [-0.4, -0.2) is 25.0 Å². The van der Waals surface area contributed by atoms with Crippen molar-refractivity contribution in [2.24, 2.45) is 0 Å². The molecule has 0 aromatic carbocycles. The maximum absolute atomic E-state index is 11.4. The predicted molar refractivity (Wildman–Crippen MR) is 56.4 cm³/mol. The molecule has 15 heavy (non-hydrogen) atoms. The van der Waals surface area contributed by atoms with E-state index in [4.69, 9.17) is 0 Å². The SMILES string of the molecule is CCONC(=O)CNC(=O)c1ccsc1. The van der Waals surface area contributed by atoms with Crippen LogP contribution in [0.3, 0.4) is 0 Å². The van der Waals surface area contributed by atoms with Crippen LogP contribution in [0.15, 0.2) is 16.8 Å². The van der Waals surface area contributed by atoms with E-state index in [0.717, 1.165) is 0 Å². The number of carbonyl (C=O) groups excluding carboxylic acids is 2. The molecule has 0 spiro atoms. The van der Waals surface area contributed by atoms with Gasteiger partial charge >= 0.3 is 0 Å². The normalized spacial score (nSPS) is 9.67. The molecule has 1 aromatic rings. The third-order valence-electron chi connectivity index (χ3n) is 1.52. The standard InChI is InChI=1S/C9H12N2O3S/c1-2-14-11-8(12)5-10-9(13)7-3-4-15-6-7/h3-4,6H,2,5H2,1H3,(H,10,13)(H,11,12). The van der Waals surface area contributed by atoms with Crippen molar-refractivity contribution in [2.45, 2.75) is 6.92 Å². The molecule has 0 radical (unpaired) electrons. The van der Waals surface area contributed by atoms with Crippen LogP contribution in [0.25, 0.3) is 0 Å². The lowest BCUT2D eigenvalue weighted by Crippen LogP contribution is -2.36. The molecule has 0 aliphatic carbocycles. The number of hydrogen-bond acceptors (Lipinski definition) is 4. The van der Waals surface area contributed by atoms with Gasteiger partial charge in [-0.2, -0.15) is 11.3 Å². The summed E-state index contributed by atoms with van der Waals surface area (Å²) in [5, 5.41) is 5.99. The second kappa shape index (κ2) is 6.15. The van der Waals surface area contributed by atoms with Gasteiger partial charge in [0.15, 0.2) is 0 Å². The number of thiophene rings is 1. The molecule has 0 bridgehead atoms. The molecule has 0 fully saturated rings. The molecule has 5 nitrogen and oxygen atoms in total. The van der Waals surface area contributed by atoms with Crippen LogP contribution in [0.5, 0.6) is 0 Å². The summed E-state index contributed by atoms with van der Waals surface area (Å²) in [4.78, 5) is 27.1. The Bertz CT molecular complexity index is 324. The highest BCUT2D eigenvalue weighted by Gasteiger charge is 2.07. The first-order valence-corrected chi connectivity index (χ1v) is 5.39. The molecule has 1 rings (SSSR count). The summed E-state index contributed by atoms with van der Waals surface area (Å²) in [6, 6.07) is 1.69. The van der Waals surface area contributed by atoms with Crippen molar-refractivity contribution in [2.75, 3.05) is 13.2 Å². The Kier molecular flexibility index (Phi) is 4.79. The van der Waals surface area contributed by atoms with Gasteiger partial charge in [-0.15, -0.1) is 0 Å². The Hall–Kier alpha value is -1.40. The quantitative estimate of drug-likeness (QED) is 0.723. The maximum Gasteiger partial charge on any atom is 0.262 e. The van der Waals surface area contributed by atoms with Crippen LogP contribution in [0.4, 0.5) is 0 Å². The van der Waals surface area contributed by atoms with E-state index in [-0.39, 0.29) is 18.4 Å². The Balaban J connectivity index is 2.25. The summed E-state index contributed by atoms with van der Waals surface area (Å²) in [5.41, 5.74) is 2.74. The predicted octanol–water partition coefficient (Wildman–Crippen LogP) is 0.546. The number of nitrogens with one attached hydrogen (secondary N) is 2. The van der Waals surface area contributed by atoms with Crippen molar-refractivity contribution in [3.8, 4) is 0 Å². The van der Waals surface area contributed by atoms with Crippen LogP contribution < -0.4 is 10.8 Å². The molecule has 82 valence electrons. The van der Waals surface area contributed by atoms with Crippen molar-refractivity contribution in [1.82, 2.24) is 10.8 Å². The maximum atomic E-state index is 11.4. The fourth-order valence-corrected chi connectivity index (χ4v) is 1.48. The third kappa shape index (κ3) is 4.09. The summed E-state index contributed by atoms with van der Waals surface area (Å²) in [5.74, 6) is -0.636. The lowest BCUT2D eigenvalue weighted by Gasteiger charge is -2.04. The molecular formula is C9H12N2O3S. The Morgan fingerprint density at radius 3 is 2.93 bits per heavy atom. The molecule has 0 atom stereocenters. The smallest absolute Gasteiger partial charge is 0.262 e. The molecule has 1 aromatic heterocycles. The van der Waals surface area contributed by atoms with Gasteiger partial charge in [0.1, 0.15) is 0 Å². The van der Waals surface area contributed by atoms with Crippen LogP contribution in [-0.2, 0) is 9.63 Å². The molecule has 1 heterocycles. The topological polar surface area (TPSA) is 67.4 Å². The summed E-state index contributed by atoms with van der Waals surface area (Å²) in [6.07, 6.45) is 0. The number of amides is 2. The number of hydrogen-bond donors (Lipinski definition) is 2. The highest BCUT2D eigenvalue weighted by atomic mass is 32.1. The largest absolute Gasteiger partial charge is 0.343 e. The molecule has 0 saturated heterocycles. The van der Waals surface area contributed by atoms with Gasteiger partial charge in [-0.05, 0) is 18.4 Å². The first-order valence-electron chi connectivity index (χ1n) is 4.45. The van der Waals surface area contributed by atoms with Gasteiger partial charge in [-0.1, -0.05) is 0 Å². The van der Waals surface area contributed by atoms with Gasteiger partial charge in [-0.3, -0.25) is 14.4 Å². The molecule has 0 aliphatic heterocycles. The average Bonchev–Trinajstić information content (AvgIpc) is 2.76. The van der Waals surface area contributed by atoms with Gasteiger partial charge < -0.3 is 5.32 Å². The van der Waals surface area contributed by atoms with Gasteiger partial charge in [0.25, 0.3) is 11.8 Å². The number of rotatable bonds is 5. The van der Waals surface area contributed by atoms with Gasteiger partial charge in [0, 0.05) is 10.9 Å². The summed E-state index contributed by atoms with van der Waals surface area (Å²) in [6.45, 7) is 2.06. The second-order valence-electron chi connectivity index (χ2n) is 2.65. The first kappa shape index (κ1) is 11.7. The van der Waals surface area contributed by atoms with E-state index in [1.54, 1.807) is 23.8 Å². The van der Waals surface area contributed by atoms with Crippen molar-refractivity contribution in [1.29, 1.82) is 0 Å². The zero-order chi connectivity index (χ0) is 11.1. The molecule has 2 N–H and O–H groups in total. The minimum absolute atomic E-state index is 0.0886. The zero-order valence-corrected chi connectivity index (χ0v) is 9.10. The highest BCUT2D eigenvalue weighted by Crippen LogP contribution is 2.04. The molecule has 0 unspecified atom stereocenters. The van der Waals surface area contributed by atoms with E-state index in [9.17, 15) is 9.59 Å². The van der Waals surface area contributed by atoms with E-state index in [1.807, 2.05) is 0 Å². The fraction of sp³-hybridized carbons (Fsp3) is 0.333. The van der Waals surface area contributed by atoms with E-state index < -0.39 is 0 Å². The van der Waals surface area contributed by atoms with Crippen LogP contribution >= 0.6 is 11.3 Å². The van der Waals surface area contributed by atoms with Crippen molar-refractivity contribution in [3.05, 3.63) is 22.4 Å². The van der Waals surface area contributed by atoms with Crippen molar-refractivity contribution < 1.29 is 14.4 Å². The van der Waals surface area contributed by atoms with E-state index >= 15 is 0 Å². The summed E-state index contributed by atoms with van der Waals surface area (Å²) in [7, 11) is 0. The number of carbonyl (C=O) groups is 2. The van der Waals surface area contributed by atoms with Crippen LogP contribution in [0.2, 0.25) is 0 Å². The Morgan fingerprint density at radius 1 is 1.53 bits per heavy atom. The number of hydroxylamine groups is 1. The van der Waals surface area contributed by atoms with E-state index in [2.05, 4.69) is 15.6 Å². The first-order chi connectivity index (χ1) is 7.24. The lowest BCUT2D eigenvalue weighted by molar-refractivity contribution is -0.132. The van der Waals surface area contributed by atoms with Crippen LogP contribution in [0, 0.1) is 0 Å². The molecule has 2 amide bonds. The summed E-state index contributed by atoms with van der Waals surface area (Å²) >= 11 is 1.43. The minimum Gasteiger partial charge on any atom is -0.343 e.